The molecule has 140 valence electrons. The standard InChI is InChI=1S/C18H22N8O/c1-25(2)16-12-15(22-18(19)23-16)13-4-6-14(7-5-13)17(27)20-8-3-10-26-11-9-21-24-26/h4-7,9,11-12H,3,8,10H2,1-2H3,(H,20,27)(H2,19,22,23). The fraction of sp³-hybridized carbons (Fsp3) is 0.278. The molecule has 0 spiro atoms. The smallest absolute Gasteiger partial charge is 0.251 e. The van der Waals surface area contributed by atoms with E-state index in [1.54, 1.807) is 29.2 Å². The highest BCUT2D eigenvalue weighted by Gasteiger charge is 2.09. The number of carbonyl (C=O) groups excluding carboxylic acids is 1. The molecule has 1 amide bonds. The Hall–Kier alpha value is -3.49. The topological polar surface area (TPSA) is 115 Å². The molecule has 0 aliphatic carbocycles. The van der Waals surface area contributed by atoms with E-state index in [2.05, 4.69) is 25.6 Å². The maximum Gasteiger partial charge on any atom is 0.251 e. The Labute approximate surface area is 157 Å². The van der Waals surface area contributed by atoms with Gasteiger partial charge in [0.25, 0.3) is 5.91 Å². The molecule has 0 aliphatic rings. The van der Waals surface area contributed by atoms with Crippen molar-refractivity contribution in [2.45, 2.75) is 13.0 Å². The summed E-state index contributed by atoms with van der Waals surface area (Å²) in [5.74, 6) is 0.827. The number of nitrogens with two attached hydrogens (primary N) is 1. The first-order chi connectivity index (χ1) is 13.0. The Morgan fingerprint density at radius 1 is 1.22 bits per heavy atom. The van der Waals surface area contributed by atoms with Crippen molar-refractivity contribution < 1.29 is 4.79 Å². The molecule has 9 nitrogen and oxygen atoms in total. The predicted molar refractivity (Wildman–Crippen MR) is 103 cm³/mol. The average molecular weight is 366 g/mol. The zero-order chi connectivity index (χ0) is 19.2. The van der Waals surface area contributed by atoms with Gasteiger partial charge >= 0.3 is 0 Å². The van der Waals surface area contributed by atoms with Gasteiger partial charge in [-0.25, -0.2) is 4.98 Å². The zero-order valence-electron chi connectivity index (χ0n) is 15.3. The van der Waals surface area contributed by atoms with Crippen LogP contribution < -0.4 is 16.0 Å². The lowest BCUT2D eigenvalue weighted by atomic mass is 10.1. The van der Waals surface area contributed by atoms with Crippen molar-refractivity contribution in [2.24, 2.45) is 0 Å². The highest BCUT2D eigenvalue weighted by atomic mass is 16.1. The van der Waals surface area contributed by atoms with Gasteiger partial charge in [-0.15, -0.1) is 5.10 Å². The minimum atomic E-state index is -0.115. The van der Waals surface area contributed by atoms with Gasteiger partial charge in [-0.2, -0.15) is 4.98 Å². The molecule has 27 heavy (non-hydrogen) atoms. The van der Waals surface area contributed by atoms with E-state index in [4.69, 9.17) is 5.73 Å². The van der Waals surface area contributed by atoms with Crippen LogP contribution in [0.2, 0.25) is 0 Å². The van der Waals surface area contributed by atoms with Crippen LogP contribution in [0, 0.1) is 0 Å². The van der Waals surface area contributed by atoms with Gasteiger partial charge in [0.05, 0.1) is 11.9 Å². The van der Waals surface area contributed by atoms with Crippen LogP contribution in [0.15, 0.2) is 42.7 Å². The van der Waals surface area contributed by atoms with Gasteiger partial charge in [0, 0.05) is 50.6 Å². The molecular formula is C18H22N8O. The van der Waals surface area contributed by atoms with E-state index in [1.165, 1.54) is 0 Å². The third kappa shape index (κ3) is 4.78. The lowest BCUT2D eigenvalue weighted by Gasteiger charge is -2.13. The first kappa shape index (κ1) is 18.3. The Bertz CT molecular complexity index is 890. The number of hydrogen-bond donors (Lipinski definition) is 2. The normalized spacial score (nSPS) is 10.6. The lowest BCUT2D eigenvalue weighted by molar-refractivity contribution is 0.0952. The van der Waals surface area contributed by atoms with Crippen LogP contribution in [-0.2, 0) is 6.54 Å². The van der Waals surface area contributed by atoms with Crippen LogP contribution in [0.4, 0.5) is 11.8 Å². The van der Waals surface area contributed by atoms with Gasteiger partial charge in [0.1, 0.15) is 5.82 Å². The zero-order valence-corrected chi connectivity index (χ0v) is 15.3. The summed E-state index contributed by atoms with van der Waals surface area (Å²) in [6.45, 7) is 1.28. The highest BCUT2D eigenvalue weighted by Crippen LogP contribution is 2.22. The van der Waals surface area contributed by atoms with Gasteiger partial charge < -0.3 is 16.0 Å². The van der Waals surface area contributed by atoms with Gasteiger partial charge in [0.2, 0.25) is 5.95 Å². The molecule has 3 N–H and O–H groups in total. The molecule has 9 heteroatoms. The minimum Gasteiger partial charge on any atom is -0.368 e. The van der Waals surface area contributed by atoms with Crippen LogP contribution in [0.1, 0.15) is 16.8 Å². The van der Waals surface area contributed by atoms with E-state index in [0.717, 1.165) is 17.8 Å². The van der Waals surface area contributed by atoms with Crippen molar-refractivity contribution in [1.82, 2.24) is 30.3 Å². The molecule has 3 aromatic rings. The van der Waals surface area contributed by atoms with Crippen molar-refractivity contribution >= 4 is 17.7 Å². The maximum atomic E-state index is 12.3. The van der Waals surface area contributed by atoms with Crippen LogP contribution >= 0.6 is 0 Å². The number of aryl methyl sites for hydroxylation is 1. The van der Waals surface area contributed by atoms with Crippen LogP contribution in [-0.4, -0.2) is 51.5 Å². The summed E-state index contributed by atoms with van der Waals surface area (Å²) in [5, 5.41) is 10.5. The molecule has 0 unspecified atom stereocenters. The molecule has 0 radical (unpaired) electrons. The number of hydrogen-bond acceptors (Lipinski definition) is 7. The quantitative estimate of drug-likeness (QED) is 0.604. The second-order valence-electron chi connectivity index (χ2n) is 6.22. The monoisotopic (exact) mass is 366 g/mol. The van der Waals surface area contributed by atoms with Crippen molar-refractivity contribution in [1.29, 1.82) is 0 Å². The number of nitrogen functional groups attached to an aromatic ring is 1. The summed E-state index contributed by atoms with van der Waals surface area (Å²) in [4.78, 5) is 22.6. The van der Waals surface area contributed by atoms with Crippen LogP contribution in [0.5, 0.6) is 0 Å². The number of anilines is 2. The molecule has 2 aromatic heterocycles. The molecule has 0 atom stereocenters. The Kier molecular flexibility index (Phi) is 5.60. The number of amides is 1. The molecule has 0 saturated carbocycles. The minimum absolute atomic E-state index is 0.115. The van der Waals surface area contributed by atoms with E-state index in [-0.39, 0.29) is 11.9 Å². The lowest BCUT2D eigenvalue weighted by Crippen LogP contribution is -2.25. The third-order valence-corrected chi connectivity index (χ3v) is 3.95. The summed E-state index contributed by atoms with van der Waals surface area (Å²) >= 11 is 0. The van der Waals surface area contributed by atoms with Crippen molar-refractivity contribution in [3.8, 4) is 11.3 Å². The Morgan fingerprint density at radius 3 is 2.67 bits per heavy atom. The average Bonchev–Trinajstić information content (AvgIpc) is 3.18. The van der Waals surface area contributed by atoms with E-state index >= 15 is 0 Å². The van der Waals surface area contributed by atoms with E-state index in [1.807, 2.05) is 37.2 Å². The van der Waals surface area contributed by atoms with Crippen LogP contribution in [0.3, 0.4) is 0 Å². The second kappa shape index (κ2) is 8.26. The fourth-order valence-corrected chi connectivity index (χ4v) is 2.52. The molecule has 0 saturated heterocycles. The second-order valence-corrected chi connectivity index (χ2v) is 6.22. The summed E-state index contributed by atoms with van der Waals surface area (Å²) < 4.78 is 1.73. The number of nitrogens with zero attached hydrogens (tertiary/aromatic N) is 6. The predicted octanol–water partition coefficient (Wildman–Crippen LogP) is 1.20. The van der Waals surface area contributed by atoms with Gasteiger partial charge in [-0.05, 0) is 18.6 Å². The van der Waals surface area contributed by atoms with E-state index in [9.17, 15) is 4.79 Å². The van der Waals surface area contributed by atoms with E-state index < -0.39 is 0 Å². The Balaban J connectivity index is 1.60. The molecule has 3 rings (SSSR count). The molecule has 0 bridgehead atoms. The first-order valence-corrected chi connectivity index (χ1v) is 8.57. The molecule has 1 aromatic carbocycles. The largest absolute Gasteiger partial charge is 0.368 e. The van der Waals surface area contributed by atoms with Gasteiger partial charge in [-0.3, -0.25) is 9.48 Å². The van der Waals surface area contributed by atoms with Crippen molar-refractivity contribution in [2.75, 3.05) is 31.3 Å². The van der Waals surface area contributed by atoms with E-state index in [0.29, 0.717) is 24.3 Å². The van der Waals surface area contributed by atoms with Crippen LogP contribution in [0.25, 0.3) is 11.3 Å². The number of nitrogens with one attached hydrogen (secondary N) is 1. The number of rotatable bonds is 7. The summed E-state index contributed by atoms with van der Waals surface area (Å²) in [6.07, 6.45) is 4.20. The Morgan fingerprint density at radius 2 is 2.00 bits per heavy atom. The molecule has 2 heterocycles. The summed E-state index contributed by atoms with van der Waals surface area (Å²) in [6, 6.07) is 9.11. The molecule has 0 aliphatic heterocycles. The number of aromatic nitrogens is 5. The number of benzene rings is 1. The molecular weight excluding hydrogens is 344 g/mol. The SMILES string of the molecule is CN(C)c1cc(-c2ccc(C(=O)NCCCn3ccnn3)cc2)nc(N)n1. The molecule has 0 fully saturated rings. The third-order valence-electron chi connectivity index (χ3n) is 3.95. The fourth-order valence-electron chi connectivity index (χ4n) is 2.52. The summed E-state index contributed by atoms with van der Waals surface area (Å²) in [7, 11) is 3.78. The van der Waals surface area contributed by atoms with Crippen molar-refractivity contribution in [3.05, 3.63) is 48.3 Å². The highest BCUT2D eigenvalue weighted by molar-refractivity contribution is 5.94. The number of carbonyl (C=O) groups is 1. The van der Waals surface area contributed by atoms with Gasteiger partial charge in [-0.1, -0.05) is 17.3 Å². The van der Waals surface area contributed by atoms with Gasteiger partial charge in [0.15, 0.2) is 0 Å². The first-order valence-electron chi connectivity index (χ1n) is 8.57. The summed E-state index contributed by atoms with van der Waals surface area (Å²) in [5.41, 5.74) is 7.97. The van der Waals surface area contributed by atoms with Crippen molar-refractivity contribution in [3.63, 3.8) is 0 Å². The maximum absolute atomic E-state index is 12.3.